The Hall–Kier alpha value is 1.24. The molecule has 9 heavy (non-hydrogen) atoms. The fraction of sp³-hybridized carbons (Fsp3) is 0.800. The molecule has 48 valence electrons. The molecule has 1 nitrogen and oxygen atoms in total. The molecule has 0 heterocycles. The maximum absolute atomic E-state index is 10.1. The predicted octanol–water partition coefficient (Wildman–Crippen LogP) is -1.83. The maximum Gasteiger partial charge on any atom is 1.00 e. The second kappa shape index (κ2) is 9.24. The van der Waals surface area contributed by atoms with Crippen LogP contribution in [0.1, 0.15) is 19.8 Å². The van der Waals surface area contributed by atoms with Gasteiger partial charge in [0.2, 0.25) is 0 Å². The van der Waals surface area contributed by atoms with Gasteiger partial charge in [-0.2, -0.15) is 0 Å². The molecule has 0 aliphatic carbocycles. The van der Waals surface area contributed by atoms with Crippen molar-refractivity contribution >= 4 is 28.4 Å². The molecular formula is C5H9NaOS2. The van der Waals surface area contributed by atoms with E-state index in [1.807, 2.05) is 0 Å². The Bertz CT molecular complexity index is 77.4. The van der Waals surface area contributed by atoms with Crippen LogP contribution in [-0.4, -0.2) is 10.1 Å². The van der Waals surface area contributed by atoms with Gasteiger partial charge in [-0.15, -0.1) is 11.8 Å². The molecule has 0 radical (unpaired) electrons. The molecule has 0 aromatic heterocycles. The minimum atomic E-state index is -0.182. The van der Waals surface area contributed by atoms with E-state index in [2.05, 4.69) is 19.1 Å². The van der Waals surface area contributed by atoms with Crippen LogP contribution in [0.3, 0.4) is 0 Å². The van der Waals surface area contributed by atoms with Crippen molar-refractivity contribution in [2.45, 2.75) is 19.8 Å². The van der Waals surface area contributed by atoms with Crippen molar-refractivity contribution in [3.63, 3.8) is 0 Å². The topological polar surface area (TPSA) is 23.1 Å². The van der Waals surface area contributed by atoms with E-state index in [1.54, 1.807) is 0 Å². The molecule has 0 aromatic rings. The summed E-state index contributed by atoms with van der Waals surface area (Å²) in [6.45, 7) is 2.09. The third-order valence-electron chi connectivity index (χ3n) is 0.718. The van der Waals surface area contributed by atoms with Gasteiger partial charge in [0.05, 0.1) is 0 Å². The number of rotatable bonds is 3. The van der Waals surface area contributed by atoms with E-state index in [1.165, 1.54) is 11.8 Å². The van der Waals surface area contributed by atoms with Crippen molar-refractivity contribution < 1.29 is 34.7 Å². The third-order valence-corrected chi connectivity index (χ3v) is 1.80. The Morgan fingerprint density at radius 1 is 1.67 bits per heavy atom. The molecule has 0 fully saturated rings. The van der Waals surface area contributed by atoms with E-state index in [-0.39, 0.29) is 33.9 Å². The number of thioether (sulfide) groups is 1. The summed E-state index contributed by atoms with van der Waals surface area (Å²) >= 11 is 5.55. The summed E-state index contributed by atoms with van der Waals surface area (Å²) in [5, 5.41) is 10.1. The minimum absolute atomic E-state index is 0. The van der Waals surface area contributed by atoms with Gasteiger partial charge in [0, 0.05) is 0 Å². The van der Waals surface area contributed by atoms with Gasteiger partial charge in [-0.05, 0) is 16.6 Å². The summed E-state index contributed by atoms with van der Waals surface area (Å²) in [4.78, 5) is 0. The summed E-state index contributed by atoms with van der Waals surface area (Å²) in [6.07, 6.45) is 2.22. The second-order valence-electron chi connectivity index (χ2n) is 1.45. The molecule has 0 aliphatic heterocycles. The monoisotopic (exact) mass is 172 g/mol. The summed E-state index contributed by atoms with van der Waals surface area (Å²) in [7, 11) is 0. The normalized spacial score (nSPS) is 8.11. The molecule has 0 aromatic carbocycles. The van der Waals surface area contributed by atoms with E-state index in [4.69, 9.17) is 0 Å². The van der Waals surface area contributed by atoms with Crippen LogP contribution >= 0.6 is 24.0 Å². The quantitative estimate of drug-likeness (QED) is 0.284. The zero-order chi connectivity index (χ0) is 6.41. The Morgan fingerprint density at radius 3 is 2.56 bits per heavy atom. The summed E-state index contributed by atoms with van der Waals surface area (Å²) in [6, 6.07) is 0. The Morgan fingerprint density at radius 2 is 2.22 bits per heavy atom. The molecular weight excluding hydrogens is 163 g/mol. The van der Waals surface area contributed by atoms with Gasteiger partial charge in [-0.25, -0.2) is 0 Å². The van der Waals surface area contributed by atoms with Crippen LogP contribution in [0.5, 0.6) is 0 Å². The van der Waals surface area contributed by atoms with Gasteiger partial charge in [0.15, 0.2) is 0 Å². The number of hydrogen-bond donors (Lipinski definition) is 0. The van der Waals surface area contributed by atoms with Gasteiger partial charge >= 0.3 is 29.6 Å². The van der Waals surface area contributed by atoms with Crippen LogP contribution in [0.25, 0.3) is 0 Å². The van der Waals surface area contributed by atoms with Crippen molar-refractivity contribution in [1.82, 2.24) is 0 Å². The van der Waals surface area contributed by atoms with E-state index < -0.39 is 0 Å². The van der Waals surface area contributed by atoms with Crippen LogP contribution in [0, 0.1) is 0 Å². The first-order valence-corrected chi connectivity index (χ1v) is 4.00. The average Bonchev–Trinajstić information content (AvgIpc) is 1.66. The van der Waals surface area contributed by atoms with Gasteiger partial charge < -0.3 is 5.11 Å². The van der Waals surface area contributed by atoms with Gasteiger partial charge in [0.25, 0.3) is 0 Å². The van der Waals surface area contributed by atoms with Crippen molar-refractivity contribution in [2.24, 2.45) is 0 Å². The third kappa shape index (κ3) is 12.4. The number of unbranched alkanes of at least 4 members (excludes halogenated alkanes) is 1. The first kappa shape index (κ1) is 12.9. The van der Waals surface area contributed by atoms with Crippen molar-refractivity contribution in [1.29, 1.82) is 0 Å². The van der Waals surface area contributed by atoms with Crippen LogP contribution < -0.4 is 34.7 Å². The second-order valence-corrected chi connectivity index (χ2v) is 3.15. The summed E-state index contributed by atoms with van der Waals surface area (Å²) < 4.78 is -0.182. The smallest absolute Gasteiger partial charge is 0.860 e. The molecule has 0 unspecified atom stereocenters. The Kier molecular flexibility index (Phi) is 13.2. The number of hydrogen-bond acceptors (Lipinski definition) is 3. The van der Waals surface area contributed by atoms with Crippen LogP contribution in [0.2, 0.25) is 0 Å². The largest absolute Gasteiger partial charge is 1.00 e. The molecule has 0 spiro atoms. The summed E-state index contributed by atoms with van der Waals surface area (Å²) in [5.74, 6) is 0.888. The molecule has 0 bridgehead atoms. The van der Waals surface area contributed by atoms with Crippen molar-refractivity contribution in [2.75, 3.05) is 5.75 Å². The Balaban J connectivity index is 0. The van der Waals surface area contributed by atoms with Gasteiger partial charge in [0.1, 0.15) is 0 Å². The first-order chi connectivity index (χ1) is 3.77. The molecule has 0 amide bonds. The molecule has 0 atom stereocenters. The van der Waals surface area contributed by atoms with Crippen LogP contribution in [0.15, 0.2) is 0 Å². The zero-order valence-electron chi connectivity index (χ0n) is 5.85. The number of thiocarbonyl (C=S) groups is 1. The standard InChI is InChI=1S/C5H10OS2.Na/c1-2-3-4-8-5(6)7;/h2-4H2,1H3,(H,6,7);/q;+1/p-1. The van der Waals surface area contributed by atoms with E-state index >= 15 is 0 Å². The van der Waals surface area contributed by atoms with E-state index in [0.717, 1.165) is 18.6 Å². The molecule has 0 saturated heterocycles. The SMILES string of the molecule is CCCCSC([O-])=S.[Na+]. The molecule has 4 heteroatoms. The van der Waals surface area contributed by atoms with Gasteiger partial charge in [-0.1, -0.05) is 25.6 Å². The fourth-order valence-corrected chi connectivity index (χ4v) is 1.15. The van der Waals surface area contributed by atoms with E-state index in [0.29, 0.717) is 0 Å². The molecule has 0 rings (SSSR count). The van der Waals surface area contributed by atoms with Crippen LogP contribution in [-0.2, 0) is 0 Å². The van der Waals surface area contributed by atoms with Crippen LogP contribution in [0.4, 0.5) is 0 Å². The van der Waals surface area contributed by atoms with Gasteiger partial charge in [-0.3, -0.25) is 0 Å². The average molecular weight is 172 g/mol. The van der Waals surface area contributed by atoms with Crippen molar-refractivity contribution in [3.8, 4) is 0 Å². The van der Waals surface area contributed by atoms with E-state index in [9.17, 15) is 5.11 Å². The molecule has 0 N–H and O–H groups in total. The zero-order valence-corrected chi connectivity index (χ0v) is 9.48. The summed E-state index contributed by atoms with van der Waals surface area (Å²) in [5.41, 5.74) is 0. The van der Waals surface area contributed by atoms with Crippen molar-refractivity contribution in [3.05, 3.63) is 0 Å². The maximum atomic E-state index is 10.1. The minimum Gasteiger partial charge on any atom is -0.860 e. The predicted molar refractivity (Wildman–Crippen MR) is 40.0 cm³/mol. The molecule has 0 aliphatic rings. The fourth-order valence-electron chi connectivity index (χ4n) is 0.300. The first-order valence-electron chi connectivity index (χ1n) is 2.61. The Labute approximate surface area is 87.9 Å². The molecule has 0 saturated carbocycles.